The van der Waals surface area contributed by atoms with Crippen LogP contribution in [0.25, 0.3) is 0 Å². The number of benzene rings is 1. The molecule has 0 saturated carbocycles. The zero-order valence-electron chi connectivity index (χ0n) is 10.6. The zero-order valence-corrected chi connectivity index (χ0v) is 12.2. The third-order valence-electron chi connectivity index (χ3n) is 4.08. The van der Waals surface area contributed by atoms with Gasteiger partial charge in [0.1, 0.15) is 0 Å². The Morgan fingerprint density at radius 2 is 2.16 bits per heavy atom. The number of piperazine rings is 1. The highest BCUT2D eigenvalue weighted by molar-refractivity contribution is 9.10. The van der Waals surface area contributed by atoms with Gasteiger partial charge in [0.05, 0.1) is 9.40 Å². The Kier molecular flexibility index (Phi) is 3.45. The highest BCUT2D eigenvalue weighted by Gasteiger charge is 2.30. The van der Waals surface area contributed by atoms with E-state index in [0.29, 0.717) is 10.5 Å². The van der Waals surface area contributed by atoms with Crippen LogP contribution in [0, 0.1) is 10.1 Å². The summed E-state index contributed by atoms with van der Waals surface area (Å²) >= 11 is 3.29. The minimum atomic E-state index is -0.358. The summed E-state index contributed by atoms with van der Waals surface area (Å²) < 4.78 is 0.559. The first-order valence-corrected chi connectivity index (χ1v) is 7.37. The fraction of sp³-hybridized carbons (Fsp3) is 0.538. The Hall–Kier alpha value is -1.14. The Morgan fingerprint density at radius 3 is 2.89 bits per heavy atom. The Morgan fingerprint density at radius 1 is 1.32 bits per heavy atom. The van der Waals surface area contributed by atoms with Crippen LogP contribution >= 0.6 is 15.9 Å². The number of nitro groups is 1. The summed E-state index contributed by atoms with van der Waals surface area (Å²) in [4.78, 5) is 15.3. The number of rotatable bonds is 2. The molecule has 2 saturated heterocycles. The molecular weight excluding hydrogens is 310 g/mol. The third-order valence-corrected chi connectivity index (χ3v) is 4.72. The van der Waals surface area contributed by atoms with Crippen molar-refractivity contribution in [3.05, 3.63) is 32.8 Å². The molecule has 2 fully saturated rings. The molecular formula is C13H16BrN3O2. The first kappa shape index (κ1) is 12.9. The van der Waals surface area contributed by atoms with Crippen molar-refractivity contribution in [2.24, 2.45) is 0 Å². The van der Waals surface area contributed by atoms with Gasteiger partial charge in [0, 0.05) is 37.4 Å². The smallest absolute Gasteiger partial charge is 0.283 e. The van der Waals surface area contributed by atoms with Crippen LogP contribution in [0.3, 0.4) is 0 Å². The highest BCUT2D eigenvalue weighted by atomic mass is 79.9. The summed E-state index contributed by atoms with van der Waals surface area (Å²) in [6.45, 7) is 4.35. The first-order valence-electron chi connectivity index (χ1n) is 6.58. The van der Waals surface area contributed by atoms with Gasteiger partial charge in [-0.05, 0) is 47.4 Å². The summed E-state index contributed by atoms with van der Waals surface area (Å²) in [6.07, 6.45) is 2.56. The second-order valence-corrected chi connectivity index (χ2v) is 6.03. The first-order chi connectivity index (χ1) is 9.15. The second kappa shape index (κ2) is 5.09. The second-order valence-electron chi connectivity index (χ2n) is 5.17. The van der Waals surface area contributed by atoms with E-state index < -0.39 is 0 Å². The van der Waals surface area contributed by atoms with Gasteiger partial charge in [0.25, 0.3) is 5.69 Å². The molecule has 2 heterocycles. The van der Waals surface area contributed by atoms with E-state index in [9.17, 15) is 10.1 Å². The molecule has 2 aliphatic rings. The van der Waals surface area contributed by atoms with Gasteiger partial charge in [0.2, 0.25) is 0 Å². The third kappa shape index (κ3) is 2.47. The quantitative estimate of drug-likeness (QED) is 0.619. The maximum absolute atomic E-state index is 10.8. The van der Waals surface area contributed by atoms with Crippen LogP contribution in [-0.4, -0.2) is 42.0 Å². The number of nitrogens with zero attached hydrogens (tertiary/aromatic N) is 3. The number of hydrogen-bond donors (Lipinski definition) is 0. The molecule has 1 aromatic carbocycles. The molecule has 5 nitrogen and oxygen atoms in total. The highest BCUT2D eigenvalue weighted by Crippen LogP contribution is 2.31. The Balaban J connectivity index is 1.79. The van der Waals surface area contributed by atoms with E-state index in [-0.39, 0.29) is 10.6 Å². The molecule has 0 amide bonds. The van der Waals surface area contributed by atoms with Crippen molar-refractivity contribution >= 4 is 27.3 Å². The van der Waals surface area contributed by atoms with Gasteiger partial charge in [-0.3, -0.25) is 15.0 Å². The van der Waals surface area contributed by atoms with E-state index in [1.807, 2.05) is 12.1 Å². The van der Waals surface area contributed by atoms with E-state index >= 15 is 0 Å². The fourth-order valence-corrected chi connectivity index (χ4v) is 3.58. The lowest BCUT2D eigenvalue weighted by atomic mass is 10.1. The number of hydrogen-bond acceptors (Lipinski definition) is 4. The molecule has 0 radical (unpaired) electrons. The average molecular weight is 326 g/mol. The molecule has 19 heavy (non-hydrogen) atoms. The molecule has 0 N–H and O–H groups in total. The van der Waals surface area contributed by atoms with Crippen LogP contribution in [0.5, 0.6) is 0 Å². The molecule has 0 spiro atoms. The van der Waals surface area contributed by atoms with E-state index in [4.69, 9.17) is 0 Å². The fourth-order valence-electron chi connectivity index (χ4n) is 3.07. The van der Waals surface area contributed by atoms with Crippen LogP contribution in [0.15, 0.2) is 22.7 Å². The van der Waals surface area contributed by atoms with Crippen LogP contribution in [0.2, 0.25) is 0 Å². The van der Waals surface area contributed by atoms with E-state index in [0.717, 1.165) is 25.3 Å². The van der Waals surface area contributed by atoms with Gasteiger partial charge in [-0.1, -0.05) is 0 Å². The van der Waals surface area contributed by atoms with Crippen LogP contribution in [-0.2, 0) is 0 Å². The van der Waals surface area contributed by atoms with Gasteiger partial charge in [-0.15, -0.1) is 0 Å². The van der Waals surface area contributed by atoms with Crippen molar-refractivity contribution in [3.8, 4) is 0 Å². The summed E-state index contributed by atoms with van der Waals surface area (Å²) in [7, 11) is 0. The Bertz CT molecular complexity index is 509. The number of fused-ring (bicyclic) bond motifs is 1. The van der Waals surface area contributed by atoms with E-state index in [1.54, 1.807) is 6.07 Å². The summed E-state index contributed by atoms with van der Waals surface area (Å²) in [5.41, 5.74) is 1.20. The topological polar surface area (TPSA) is 49.6 Å². The molecule has 1 aromatic rings. The van der Waals surface area contributed by atoms with Crippen molar-refractivity contribution in [3.63, 3.8) is 0 Å². The zero-order chi connectivity index (χ0) is 13.4. The summed E-state index contributed by atoms with van der Waals surface area (Å²) in [6, 6.07) is 5.96. The molecule has 3 rings (SSSR count). The predicted molar refractivity (Wildman–Crippen MR) is 77.6 cm³/mol. The molecule has 1 atom stereocenters. The van der Waals surface area contributed by atoms with Crippen LogP contribution in [0.1, 0.15) is 12.8 Å². The number of halogens is 1. The van der Waals surface area contributed by atoms with Gasteiger partial charge in [-0.2, -0.15) is 0 Å². The van der Waals surface area contributed by atoms with Gasteiger partial charge >= 0.3 is 0 Å². The SMILES string of the molecule is O=[N+]([O-])c1ccc(N2CCN3CCCC3C2)cc1Br. The van der Waals surface area contributed by atoms with Gasteiger partial charge in [0.15, 0.2) is 0 Å². The maximum atomic E-state index is 10.8. The van der Waals surface area contributed by atoms with Crippen LogP contribution in [0.4, 0.5) is 11.4 Å². The average Bonchev–Trinajstić information content (AvgIpc) is 2.85. The van der Waals surface area contributed by atoms with Crippen LogP contribution < -0.4 is 4.90 Å². The Labute approximate surface area is 120 Å². The monoisotopic (exact) mass is 325 g/mol. The molecule has 6 heteroatoms. The van der Waals surface area contributed by atoms with Gasteiger partial charge < -0.3 is 4.90 Å². The summed E-state index contributed by atoms with van der Waals surface area (Å²) in [5.74, 6) is 0. The van der Waals surface area contributed by atoms with Crippen molar-refractivity contribution in [1.29, 1.82) is 0 Å². The minimum absolute atomic E-state index is 0.128. The van der Waals surface area contributed by atoms with Gasteiger partial charge in [-0.25, -0.2) is 0 Å². The van der Waals surface area contributed by atoms with Crippen molar-refractivity contribution < 1.29 is 4.92 Å². The lowest BCUT2D eigenvalue weighted by Crippen LogP contribution is -2.50. The summed E-state index contributed by atoms with van der Waals surface area (Å²) in [5, 5.41) is 10.8. The maximum Gasteiger partial charge on any atom is 0.283 e. The molecule has 0 aliphatic carbocycles. The van der Waals surface area contributed by atoms with E-state index in [1.165, 1.54) is 19.4 Å². The standard InChI is InChI=1S/C13H16BrN3O2/c14-12-8-10(3-4-13(12)17(18)19)16-7-6-15-5-1-2-11(15)9-16/h3-4,8,11H,1-2,5-7,9H2. The molecule has 2 aliphatic heterocycles. The lowest BCUT2D eigenvalue weighted by Gasteiger charge is -2.38. The van der Waals surface area contributed by atoms with E-state index in [2.05, 4.69) is 25.7 Å². The molecule has 102 valence electrons. The van der Waals surface area contributed by atoms with Crippen molar-refractivity contribution in [1.82, 2.24) is 4.90 Å². The molecule has 0 bridgehead atoms. The normalized spacial score (nSPS) is 23.4. The van der Waals surface area contributed by atoms with Crippen molar-refractivity contribution in [2.75, 3.05) is 31.1 Å². The van der Waals surface area contributed by atoms with Crippen molar-refractivity contribution in [2.45, 2.75) is 18.9 Å². The molecule has 1 unspecified atom stereocenters. The number of nitro benzene ring substituents is 1. The minimum Gasteiger partial charge on any atom is -0.369 e. The largest absolute Gasteiger partial charge is 0.369 e. The molecule has 0 aromatic heterocycles. The predicted octanol–water partition coefficient (Wildman–Crippen LogP) is 2.64. The number of anilines is 1. The lowest BCUT2D eigenvalue weighted by molar-refractivity contribution is -0.385.